The van der Waals surface area contributed by atoms with Crippen molar-refractivity contribution in [3.63, 3.8) is 0 Å². The summed E-state index contributed by atoms with van der Waals surface area (Å²) in [5.74, 6) is -0.119. The van der Waals surface area contributed by atoms with Crippen molar-refractivity contribution < 1.29 is 23.4 Å². The molecule has 9 heteroatoms. The number of anilines is 1. The molecule has 0 saturated carbocycles. The van der Waals surface area contributed by atoms with Crippen LogP contribution < -0.4 is 4.90 Å². The van der Waals surface area contributed by atoms with E-state index in [-0.39, 0.29) is 5.82 Å². The predicted molar refractivity (Wildman–Crippen MR) is 59.9 cm³/mol. The van der Waals surface area contributed by atoms with Gasteiger partial charge in [0.2, 0.25) is 0 Å². The SMILES string of the molecule is CC1C(O)N(c2cc(C(F)(F)F)n(C)n2)C(O)N1C. The fourth-order valence-electron chi connectivity index (χ4n) is 2.08. The number of hydrogen-bond acceptors (Lipinski definition) is 5. The molecular weight excluding hydrogens is 265 g/mol. The van der Waals surface area contributed by atoms with E-state index >= 15 is 0 Å². The topological polar surface area (TPSA) is 64.8 Å². The van der Waals surface area contributed by atoms with Crippen LogP contribution in [0.2, 0.25) is 0 Å². The standard InChI is InChI=1S/C10H15F3N4O2/c1-5-8(18)17(9(19)15(5)2)7-4-6(10(11,12)13)16(3)14-7/h4-5,8-9,18-19H,1-3H3. The minimum Gasteiger partial charge on any atom is -0.372 e. The second-order valence-electron chi connectivity index (χ2n) is 4.58. The van der Waals surface area contributed by atoms with Gasteiger partial charge in [-0.15, -0.1) is 0 Å². The van der Waals surface area contributed by atoms with E-state index in [9.17, 15) is 23.4 Å². The zero-order chi connectivity index (χ0) is 14.5. The summed E-state index contributed by atoms with van der Waals surface area (Å²) in [6.45, 7) is 1.65. The smallest absolute Gasteiger partial charge is 0.372 e. The third-order valence-electron chi connectivity index (χ3n) is 3.39. The average molecular weight is 280 g/mol. The van der Waals surface area contributed by atoms with Crippen LogP contribution >= 0.6 is 0 Å². The molecule has 3 unspecified atom stereocenters. The van der Waals surface area contributed by atoms with Crippen LogP contribution in [0.1, 0.15) is 12.6 Å². The van der Waals surface area contributed by atoms with Crippen LogP contribution in [0, 0.1) is 0 Å². The van der Waals surface area contributed by atoms with Crippen molar-refractivity contribution >= 4 is 5.82 Å². The molecule has 1 aromatic heterocycles. The monoisotopic (exact) mass is 280 g/mol. The van der Waals surface area contributed by atoms with Crippen LogP contribution in [0.5, 0.6) is 0 Å². The molecule has 0 aliphatic carbocycles. The van der Waals surface area contributed by atoms with Crippen molar-refractivity contribution in [2.75, 3.05) is 11.9 Å². The van der Waals surface area contributed by atoms with Gasteiger partial charge in [-0.05, 0) is 14.0 Å². The molecule has 1 aromatic rings. The van der Waals surface area contributed by atoms with Crippen molar-refractivity contribution in [1.82, 2.24) is 14.7 Å². The molecule has 1 fully saturated rings. The fraction of sp³-hybridized carbons (Fsp3) is 0.700. The Hall–Kier alpha value is -1.32. The van der Waals surface area contributed by atoms with Gasteiger partial charge < -0.3 is 10.2 Å². The maximum atomic E-state index is 12.7. The van der Waals surface area contributed by atoms with Gasteiger partial charge in [-0.2, -0.15) is 18.3 Å². The summed E-state index contributed by atoms with van der Waals surface area (Å²) in [6.07, 6.45) is -6.88. The number of alkyl halides is 3. The number of aliphatic hydroxyl groups is 2. The largest absolute Gasteiger partial charge is 0.433 e. The number of rotatable bonds is 1. The number of aliphatic hydroxyl groups excluding tert-OH is 2. The van der Waals surface area contributed by atoms with E-state index in [0.29, 0.717) is 4.68 Å². The lowest BCUT2D eigenvalue weighted by molar-refractivity contribution is -0.143. The molecule has 0 radical (unpaired) electrons. The molecule has 0 amide bonds. The van der Waals surface area contributed by atoms with Gasteiger partial charge >= 0.3 is 6.18 Å². The van der Waals surface area contributed by atoms with Gasteiger partial charge in [0.25, 0.3) is 0 Å². The second kappa shape index (κ2) is 4.36. The van der Waals surface area contributed by atoms with E-state index in [2.05, 4.69) is 5.10 Å². The molecule has 1 saturated heterocycles. The second-order valence-corrected chi connectivity index (χ2v) is 4.58. The highest BCUT2D eigenvalue weighted by Gasteiger charge is 2.44. The minimum atomic E-state index is -4.53. The Morgan fingerprint density at radius 3 is 2.21 bits per heavy atom. The molecule has 19 heavy (non-hydrogen) atoms. The van der Waals surface area contributed by atoms with Gasteiger partial charge in [0.05, 0.1) is 6.04 Å². The maximum Gasteiger partial charge on any atom is 0.433 e. The van der Waals surface area contributed by atoms with Gasteiger partial charge in [0.15, 0.2) is 12.2 Å². The molecule has 2 N–H and O–H groups in total. The van der Waals surface area contributed by atoms with E-state index in [1.54, 1.807) is 14.0 Å². The highest BCUT2D eigenvalue weighted by molar-refractivity contribution is 5.43. The number of nitrogens with zero attached hydrogens (tertiary/aromatic N) is 4. The van der Waals surface area contributed by atoms with Crippen molar-refractivity contribution in [3.8, 4) is 0 Å². The Morgan fingerprint density at radius 1 is 1.26 bits per heavy atom. The van der Waals surface area contributed by atoms with Crippen molar-refractivity contribution in [1.29, 1.82) is 0 Å². The maximum absolute atomic E-state index is 12.7. The summed E-state index contributed by atoms with van der Waals surface area (Å²) in [7, 11) is 2.72. The van der Waals surface area contributed by atoms with E-state index in [1.165, 1.54) is 4.90 Å². The van der Waals surface area contributed by atoms with E-state index in [0.717, 1.165) is 18.0 Å². The minimum absolute atomic E-state index is 0.119. The highest BCUT2D eigenvalue weighted by atomic mass is 19.4. The van der Waals surface area contributed by atoms with Crippen LogP contribution in [0.25, 0.3) is 0 Å². The first-order valence-corrected chi connectivity index (χ1v) is 5.62. The van der Waals surface area contributed by atoms with Gasteiger partial charge in [0, 0.05) is 13.1 Å². The lowest BCUT2D eigenvalue weighted by Crippen LogP contribution is -2.39. The number of likely N-dealkylation sites (N-methyl/N-ethyl adjacent to an activating group) is 1. The Morgan fingerprint density at radius 2 is 1.84 bits per heavy atom. The molecule has 0 bridgehead atoms. The molecular formula is C10H15F3N4O2. The number of aromatic nitrogens is 2. The van der Waals surface area contributed by atoms with Crippen LogP contribution in [-0.2, 0) is 13.2 Å². The summed E-state index contributed by atoms with van der Waals surface area (Å²) in [4.78, 5) is 2.48. The summed E-state index contributed by atoms with van der Waals surface area (Å²) in [6, 6.07) is 0.379. The molecule has 2 rings (SSSR count). The fourth-order valence-corrected chi connectivity index (χ4v) is 2.08. The summed E-state index contributed by atoms with van der Waals surface area (Å²) < 4.78 is 38.7. The number of aryl methyl sites for hydroxylation is 1. The van der Waals surface area contributed by atoms with E-state index < -0.39 is 30.5 Å². The van der Waals surface area contributed by atoms with Crippen LogP contribution in [0.15, 0.2) is 6.07 Å². The summed E-state index contributed by atoms with van der Waals surface area (Å²) >= 11 is 0. The van der Waals surface area contributed by atoms with Crippen LogP contribution in [-0.4, -0.2) is 50.6 Å². The normalized spacial score (nSPS) is 29.3. The lowest BCUT2D eigenvalue weighted by Gasteiger charge is -2.23. The molecule has 0 aromatic carbocycles. The third kappa shape index (κ3) is 2.17. The first kappa shape index (κ1) is 14.1. The van der Waals surface area contributed by atoms with Crippen LogP contribution in [0.4, 0.5) is 19.0 Å². The van der Waals surface area contributed by atoms with Crippen LogP contribution in [0.3, 0.4) is 0 Å². The first-order chi connectivity index (χ1) is 8.64. The molecule has 2 heterocycles. The molecule has 108 valence electrons. The Labute approximate surface area is 107 Å². The molecule has 0 spiro atoms. The lowest BCUT2D eigenvalue weighted by atomic mass is 10.3. The predicted octanol–water partition coefficient (Wildman–Crippen LogP) is 0.174. The van der Waals surface area contributed by atoms with Gasteiger partial charge in [-0.25, -0.2) is 0 Å². The van der Waals surface area contributed by atoms with Gasteiger partial charge in [-0.3, -0.25) is 14.5 Å². The zero-order valence-corrected chi connectivity index (χ0v) is 10.6. The Balaban J connectivity index is 2.38. The zero-order valence-electron chi connectivity index (χ0n) is 10.6. The third-order valence-corrected chi connectivity index (χ3v) is 3.39. The van der Waals surface area contributed by atoms with Crippen molar-refractivity contribution in [2.45, 2.75) is 31.7 Å². The Kier molecular flexibility index (Phi) is 3.23. The van der Waals surface area contributed by atoms with E-state index in [1.807, 2.05) is 0 Å². The van der Waals surface area contributed by atoms with Crippen molar-refractivity contribution in [3.05, 3.63) is 11.8 Å². The molecule has 3 atom stereocenters. The highest BCUT2D eigenvalue weighted by Crippen LogP contribution is 2.34. The molecule has 1 aliphatic rings. The molecule has 1 aliphatic heterocycles. The first-order valence-electron chi connectivity index (χ1n) is 5.62. The van der Waals surface area contributed by atoms with Crippen molar-refractivity contribution in [2.24, 2.45) is 7.05 Å². The van der Waals surface area contributed by atoms with Gasteiger partial charge in [0.1, 0.15) is 11.9 Å². The number of hydrogen-bond donors (Lipinski definition) is 2. The quantitative estimate of drug-likeness (QED) is 0.768. The molecule has 6 nitrogen and oxygen atoms in total. The number of halogens is 3. The summed E-state index contributed by atoms with van der Waals surface area (Å²) in [5.41, 5.74) is -0.941. The Bertz CT molecular complexity index is 462. The van der Waals surface area contributed by atoms with E-state index in [4.69, 9.17) is 0 Å². The van der Waals surface area contributed by atoms with Gasteiger partial charge in [-0.1, -0.05) is 0 Å². The average Bonchev–Trinajstić information content (AvgIpc) is 2.75. The summed E-state index contributed by atoms with van der Waals surface area (Å²) in [5, 5.41) is 23.6.